The Hall–Kier alpha value is -1.13. The first-order valence-electron chi connectivity index (χ1n) is 6.62. The Bertz CT molecular complexity index is 503. The Kier molecular flexibility index (Phi) is 4.55. The van der Waals surface area contributed by atoms with Crippen molar-refractivity contribution in [3.63, 3.8) is 0 Å². The van der Waals surface area contributed by atoms with Crippen LogP contribution in [0.1, 0.15) is 26.3 Å². The minimum atomic E-state index is 0.923. The van der Waals surface area contributed by atoms with E-state index in [-0.39, 0.29) is 0 Å². The van der Waals surface area contributed by atoms with E-state index >= 15 is 0 Å². The molecule has 1 aromatic heterocycles. The molecule has 18 heavy (non-hydrogen) atoms. The monoisotopic (exact) mass is 263 g/mol. The normalized spacial score (nSPS) is 11.3. The van der Waals surface area contributed by atoms with Gasteiger partial charge in [0.05, 0.1) is 10.2 Å². The third-order valence-corrected chi connectivity index (χ3v) is 4.06. The molecule has 0 spiro atoms. The largest absolute Gasteiger partial charge is 0.362 e. The number of rotatable bonds is 6. The fraction of sp³-hybridized carbons (Fsp3) is 0.500. The number of nitrogens with zero attached hydrogens (tertiary/aromatic N) is 2. The van der Waals surface area contributed by atoms with E-state index in [2.05, 4.69) is 54.2 Å². The minimum absolute atomic E-state index is 0.923. The SMILES string of the molecule is CCNc1nc2ccc(CN(CC)CC)cc2s1. The molecule has 2 rings (SSSR count). The standard InChI is InChI=1S/C14H21N3S/c1-4-15-14-16-12-8-7-11(9-13(12)18-14)10-17(5-2)6-3/h7-9H,4-6,10H2,1-3H3,(H,15,16). The van der Waals surface area contributed by atoms with Gasteiger partial charge in [-0.3, -0.25) is 4.90 Å². The maximum absolute atomic E-state index is 4.56. The van der Waals surface area contributed by atoms with E-state index in [1.54, 1.807) is 11.3 Å². The summed E-state index contributed by atoms with van der Waals surface area (Å²) in [5.74, 6) is 0. The smallest absolute Gasteiger partial charge is 0.183 e. The highest BCUT2D eigenvalue weighted by Gasteiger charge is 2.06. The van der Waals surface area contributed by atoms with Crippen LogP contribution in [0.3, 0.4) is 0 Å². The highest BCUT2D eigenvalue weighted by Crippen LogP contribution is 2.27. The van der Waals surface area contributed by atoms with Gasteiger partial charge in [0, 0.05) is 13.1 Å². The van der Waals surface area contributed by atoms with Gasteiger partial charge in [-0.15, -0.1) is 0 Å². The summed E-state index contributed by atoms with van der Waals surface area (Å²) in [4.78, 5) is 6.98. The summed E-state index contributed by atoms with van der Waals surface area (Å²) >= 11 is 1.74. The van der Waals surface area contributed by atoms with Gasteiger partial charge in [-0.2, -0.15) is 0 Å². The molecule has 0 saturated heterocycles. The van der Waals surface area contributed by atoms with Gasteiger partial charge < -0.3 is 5.32 Å². The van der Waals surface area contributed by atoms with Gasteiger partial charge in [0.1, 0.15) is 0 Å². The second-order valence-electron chi connectivity index (χ2n) is 4.31. The van der Waals surface area contributed by atoms with Gasteiger partial charge in [-0.05, 0) is 37.7 Å². The molecule has 3 nitrogen and oxygen atoms in total. The van der Waals surface area contributed by atoms with Gasteiger partial charge in [-0.25, -0.2) is 4.98 Å². The summed E-state index contributed by atoms with van der Waals surface area (Å²) in [6.07, 6.45) is 0. The summed E-state index contributed by atoms with van der Waals surface area (Å²) < 4.78 is 1.27. The molecule has 0 bridgehead atoms. The van der Waals surface area contributed by atoms with Crippen molar-refractivity contribution in [2.24, 2.45) is 0 Å². The Morgan fingerprint density at radius 3 is 2.67 bits per heavy atom. The predicted molar refractivity (Wildman–Crippen MR) is 80.4 cm³/mol. The van der Waals surface area contributed by atoms with Crippen molar-refractivity contribution in [3.8, 4) is 0 Å². The van der Waals surface area contributed by atoms with Crippen molar-refractivity contribution in [2.45, 2.75) is 27.3 Å². The van der Waals surface area contributed by atoms with E-state index in [1.165, 1.54) is 10.3 Å². The summed E-state index contributed by atoms with van der Waals surface area (Å²) in [6, 6.07) is 6.59. The molecule has 0 atom stereocenters. The lowest BCUT2D eigenvalue weighted by Crippen LogP contribution is -2.21. The molecule has 98 valence electrons. The van der Waals surface area contributed by atoms with Crippen LogP contribution in [0, 0.1) is 0 Å². The van der Waals surface area contributed by atoms with Crippen LogP contribution < -0.4 is 5.32 Å². The van der Waals surface area contributed by atoms with E-state index in [1.807, 2.05) is 0 Å². The van der Waals surface area contributed by atoms with Crippen molar-refractivity contribution in [1.82, 2.24) is 9.88 Å². The third kappa shape index (κ3) is 3.00. The van der Waals surface area contributed by atoms with Crippen LogP contribution in [0.2, 0.25) is 0 Å². The Morgan fingerprint density at radius 2 is 2.00 bits per heavy atom. The molecule has 0 aliphatic heterocycles. The van der Waals surface area contributed by atoms with Gasteiger partial charge >= 0.3 is 0 Å². The lowest BCUT2D eigenvalue weighted by Gasteiger charge is -2.17. The topological polar surface area (TPSA) is 28.2 Å². The van der Waals surface area contributed by atoms with E-state index in [0.717, 1.165) is 36.8 Å². The summed E-state index contributed by atoms with van der Waals surface area (Å²) in [5.41, 5.74) is 2.47. The molecule has 1 aromatic carbocycles. The van der Waals surface area contributed by atoms with Crippen molar-refractivity contribution in [1.29, 1.82) is 0 Å². The number of fused-ring (bicyclic) bond motifs is 1. The maximum atomic E-state index is 4.56. The van der Waals surface area contributed by atoms with Crippen LogP contribution in [0.15, 0.2) is 18.2 Å². The average molecular weight is 263 g/mol. The molecule has 0 amide bonds. The van der Waals surface area contributed by atoms with E-state index in [9.17, 15) is 0 Å². The number of thiazole rings is 1. The molecule has 0 unspecified atom stereocenters. The number of hydrogen-bond donors (Lipinski definition) is 1. The summed E-state index contributed by atoms with van der Waals surface area (Å²) in [7, 11) is 0. The maximum Gasteiger partial charge on any atom is 0.183 e. The third-order valence-electron chi connectivity index (χ3n) is 3.08. The molecular weight excluding hydrogens is 242 g/mol. The lowest BCUT2D eigenvalue weighted by atomic mass is 10.2. The second-order valence-corrected chi connectivity index (χ2v) is 5.34. The van der Waals surface area contributed by atoms with Crippen molar-refractivity contribution in [3.05, 3.63) is 23.8 Å². The quantitative estimate of drug-likeness (QED) is 0.863. The van der Waals surface area contributed by atoms with E-state index in [4.69, 9.17) is 0 Å². The van der Waals surface area contributed by atoms with Crippen LogP contribution in [-0.4, -0.2) is 29.5 Å². The Balaban J connectivity index is 2.20. The number of aromatic nitrogens is 1. The highest BCUT2D eigenvalue weighted by molar-refractivity contribution is 7.22. The molecule has 4 heteroatoms. The lowest BCUT2D eigenvalue weighted by molar-refractivity contribution is 0.296. The Morgan fingerprint density at radius 1 is 1.22 bits per heavy atom. The molecule has 0 saturated carbocycles. The van der Waals surface area contributed by atoms with Gasteiger partial charge in [-0.1, -0.05) is 31.3 Å². The minimum Gasteiger partial charge on any atom is -0.362 e. The number of nitrogens with one attached hydrogen (secondary N) is 1. The van der Waals surface area contributed by atoms with Gasteiger partial charge in [0.2, 0.25) is 0 Å². The molecular formula is C14H21N3S. The molecule has 1 N–H and O–H groups in total. The zero-order chi connectivity index (χ0) is 13.0. The number of benzene rings is 1. The van der Waals surface area contributed by atoms with Crippen molar-refractivity contribution in [2.75, 3.05) is 25.0 Å². The number of hydrogen-bond acceptors (Lipinski definition) is 4. The van der Waals surface area contributed by atoms with Crippen LogP contribution in [0.25, 0.3) is 10.2 Å². The van der Waals surface area contributed by atoms with Crippen LogP contribution in [-0.2, 0) is 6.54 Å². The fourth-order valence-corrected chi connectivity index (χ4v) is 3.00. The molecule has 2 aromatic rings. The second kappa shape index (κ2) is 6.16. The molecule has 0 aliphatic carbocycles. The predicted octanol–water partition coefficient (Wildman–Crippen LogP) is 3.57. The van der Waals surface area contributed by atoms with Crippen LogP contribution >= 0.6 is 11.3 Å². The zero-order valence-electron chi connectivity index (χ0n) is 11.4. The molecule has 1 heterocycles. The molecule has 0 aliphatic rings. The summed E-state index contributed by atoms with van der Waals surface area (Å²) in [5, 5.41) is 4.30. The zero-order valence-corrected chi connectivity index (χ0v) is 12.2. The van der Waals surface area contributed by atoms with Crippen LogP contribution in [0.4, 0.5) is 5.13 Å². The molecule has 0 radical (unpaired) electrons. The first kappa shape index (κ1) is 13.3. The summed E-state index contributed by atoms with van der Waals surface area (Å²) in [6.45, 7) is 10.6. The van der Waals surface area contributed by atoms with E-state index < -0.39 is 0 Å². The van der Waals surface area contributed by atoms with Gasteiger partial charge in [0.15, 0.2) is 5.13 Å². The first-order valence-corrected chi connectivity index (χ1v) is 7.44. The average Bonchev–Trinajstić information content (AvgIpc) is 2.78. The molecule has 0 fully saturated rings. The first-order chi connectivity index (χ1) is 8.76. The number of anilines is 1. The van der Waals surface area contributed by atoms with E-state index in [0.29, 0.717) is 0 Å². The highest BCUT2D eigenvalue weighted by atomic mass is 32.1. The van der Waals surface area contributed by atoms with Gasteiger partial charge in [0.25, 0.3) is 0 Å². The van der Waals surface area contributed by atoms with Crippen LogP contribution in [0.5, 0.6) is 0 Å². The van der Waals surface area contributed by atoms with Crippen molar-refractivity contribution >= 4 is 26.7 Å². The Labute approximate surface area is 113 Å². The van der Waals surface area contributed by atoms with Crippen molar-refractivity contribution < 1.29 is 0 Å². The fourth-order valence-electron chi connectivity index (χ4n) is 2.00.